The SMILES string of the molecule is CS(C)(=O)=Nc1ccc(-c2ccc(Br)cc2)cc1. The van der Waals surface area contributed by atoms with Gasteiger partial charge >= 0.3 is 0 Å². The van der Waals surface area contributed by atoms with Crippen molar-refractivity contribution in [2.45, 2.75) is 0 Å². The van der Waals surface area contributed by atoms with Crippen molar-refractivity contribution in [1.29, 1.82) is 0 Å². The molecule has 2 nitrogen and oxygen atoms in total. The van der Waals surface area contributed by atoms with E-state index in [1.807, 2.05) is 36.4 Å². The zero-order valence-electron chi connectivity index (χ0n) is 10.3. The van der Waals surface area contributed by atoms with Gasteiger partial charge in [0.05, 0.1) is 5.69 Å². The largest absolute Gasteiger partial charge is 0.250 e. The molecule has 4 heteroatoms. The Labute approximate surface area is 116 Å². The molecule has 0 saturated carbocycles. The van der Waals surface area contributed by atoms with E-state index in [2.05, 4.69) is 32.4 Å². The average Bonchev–Trinajstić information content (AvgIpc) is 2.29. The van der Waals surface area contributed by atoms with Gasteiger partial charge in [-0.2, -0.15) is 4.36 Å². The first-order valence-electron chi connectivity index (χ1n) is 5.47. The highest BCUT2D eigenvalue weighted by Gasteiger charge is 1.98. The van der Waals surface area contributed by atoms with Gasteiger partial charge in [-0.15, -0.1) is 0 Å². The molecule has 0 aliphatic heterocycles. The maximum absolute atomic E-state index is 11.6. The lowest BCUT2D eigenvalue weighted by Gasteiger charge is -2.03. The molecule has 0 radical (unpaired) electrons. The van der Waals surface area contributed by atoms with E-state index in [1.165, 1.54) is 0 Å². The van der Waals surface area contributed by atoms with E-state index in [-0.39, 0.29) is 0 Å². The van der Waals surface area contributed by atoms with Gasteiger partial charge in [-0.25, -0.2) is 4.21 Å². The van der Waals surface area contributed by atoms with Gasteiger partial charge in [-0.1, -0.05) is 40.2 Å². The molecule has 2 aromatic carbocycles. The number of benzene rings is 2. The second-order valence-corrected chi connectivity index (χ2v) is 7.79. The number of hydrogen-bond donors (Lipinski definition) is 0. The van der Waals surface area contributed by atoms with Gasteiger partial charge in [0.25, 0.3) is 0 Å². The summed E-state index contributed by atoms with van der Waals surface area (Å²) >= 11 is 3.42. The van der Waals surface area contributed by atoms with Crippen molar-refractivity contribution >= 4 is 31.3 Å². The number of halogens is 1. The first-order chi connectivity index (χ1) is 8.44. The van der Waals surface area contributed by atoms with Crippen LogP contribution in [-0.2, 0) is 9.73 Å². The van der Waals surface area contributed by atoms with Gasteiger partial charge < -0.3 is 0 Å². The van der Waals surface area contributed by atoms with Crippen LogP contribution in [0.2, 0.25) is 0 Å². The van der Waals surface area contributed by atoms with E-state index in [1.54, 1.807) is 12.5 Å². The predicted octanol–water partition coefficient (Wildman–Crippen LogP) is 4.48. The zero-order valence-corrected chi connectivity index (χ0v) is 12.7. The normalized spacial score (nSPS) is 11.3. The van der Waals surface area contributed by atoms with Gasteiger partial charge in [0.2, 0.25) is 0 Å². The molecule has 0 heterocycles. The summed E-state index contributed by atoms with van der Waals surface area (Å²) in [5.74, 6) is 0. The van der Waals surface area contributed by atoms with Crippen LogP contribution in [0, 0.1) is 0 Å². The van der Waals surface area contributed by atoms with Gasteiger partial charge in [0.1, 0.15) is 0 Å². The molecule has 18 heavy (non-hydrogen) atoms. The summed E-state index contributed by atoms with van der Waals surface area (Å²) in [5, 5.41) is 0. The van der Waals surface area contributed by atoms with Crippen LogP contribution in [0.1, 0.15) is 0 Å². The predicted molar refractivity (Wildman–Crippen MR) is 81.7 cm³/mol. The maximum Gasteiger partial charge on any atom is 0.0730 e. The fraction of sp³-hybridized carbons (Fsp3) is 0.143. The van der Waals surface area contributed by atoms with Gasteiger partial charge in [-0.05, 0) is 35.4 Å². The minimum absolute atomic E-state index is 0.755. The molecule has 2 aromatic rings. The molecule has 0 aliphatic carbocycles. The Morgan fingerprint density at radius 2 is 1.33 bits per heavy atom. The number of rotatable bonds is 2. The molecule has 0 unspecified atom stereocenters. The molecule has 0 N–H and O–H groups in total. The van der Waals surface area contributed by atoms with E-state index >= 15 is 0 Å². The van der Waals surface area contributed by atoms with Crippen molar-refractivity contribution < 1.29 is 4.21 Å². The van der Waals surface area contributed by atoms with E-state index < -0.39 is 9.73 Å². The second-order valence-electron chi connectivity index (χ2n) is 4.33. The first kappa shape index (κ1) is 13.3. The molecule has 0 aliphatic rings. The smallest absolute Gasteiger partial charge is 0.0730 e. The number of hydrogen-bond acceptors (Lipinski definition) is 2. The van der Waals surface area contributed by atoms with Crippen molar-refractivity contribution in [2.75, 3.05) is 12.5 Å². The van der Waals surface area contributed by atoms with Crippen molar-refractivity contribution in [3.8, 4) is 11.1 Å². The standard InChI is InChI=1S/C14H14BrNOS/c1-18(2,17)16-14-9-5-12(6-10-14)11-3-7-13(15)8-4-11/h3-10H,1-2H3. The summed E-state index contributed by atoms with van der Waals surface area (Å²) < 4.78 is 16.8. The Bertz CT molecular complexity index is 645. The Morgan fingerprint density at radius 1 is 0.889 bits per heavy atom. The summed E-state index contributed by atoms with van der Waals surface area (Å²) in [7, 11) is -2.09. The lowest BCUT2D eigenvalue weighted by Crippen LogP contribution is -1.88. The molecule has 0 spiro atoms. The van der Waals surface area contributed by atoms with Gasteiger partial charge in [0, 0.05) is 26.7 Å². The van der Waals surface area contributed by atoms with Crippen molar-refractivity contribution in [3.63, 3.8) is 0 Å². The highest BCUT2D eigenvalue weighted by atomic mass is 79.9. The summed E-state index contributed by atoms with van der Waals surface area (Å²) in [5.41, 5.74) is 3.03. The van der Waals surface area contributed by atoms with Crippen LogP contribution < -0.4 is 0 Å². The van der Waals surface area contributed by atoms with E-state index in [0.717, 1.165) is 21.3 Å². The third-order valence-electron chi connectivity index (χ3n) is 2.37. The molecule has 0 saturated heterocycles. The molecular formula is C14H14BrNOS. The van der Waals surface area contributed by atoms with Crippen LogP contribution in [0.5, 0.6) is 0 Å². The Balaban J connectivity index is 2.33. The minimum Gasteiger partial charge on any atom is -0.250 e. The topological polar surface area (TPSA) is 29.4 Å². The van der Waals surface area contributed by atoms with E-state index in [4.69, 9.17) is 0 Å². The fourth-order valence-electron chi connectivity index (χ4n) is 1.61. The van der Waals surface area contributed by atoms with Crippen molar-refractivity contribution in [1.82, 2.24) is 0 Å². The monoisotopic (exact) mass is 323 g/mol. The molecular weight excluding hydrogens is 310 g/mol. The van der Waals surface area contributed by atoms with Crippen LogP contribution in [-0.4, -0.2) is 16.7 Å². The lowest BCUT2D eigenvalue weighted by molar-refractivity contribution is 0.684. The number of nitrogens with zero attached hydrogens (tertiary/aromatic N) is 1. The molecule has 94 valence electrons. The van der Waals surface area contributed by atoms with Gasteiger partial charge in [0.15, 0.2) is 0 Å². The van der Waals surface area contributed by atoms with Crippen LogP contribution in [0.25, 0.3) is 11.1 Å². The first-order valence-corrected chi connectivity index (χ1v) is 8.60. The fourth-order valence-corrected chi connectivity index (χ4v) is 2.50. The maximum atomic E-state index is 11.6. The van der Waals surface area contributed by atoms with Crippen molar-refractivity contribution in [2.24, 2.45) is 4.36 Å². The summed E-state index contributed by atoms with van der Waals surface area (Å²) in [4.78, 5) is 0. The molecule has 0 atom stereocenters. The van der Waals surface area contributed by atoms with Crippen molar-refractivity contribution in [3.05, 3.63) is 53.0 Å². The Kier molecular flexibility index (Phi) is 3.88. The lowest BCUT2D eigenvalue weighted by atomic mass is 10.1. The van der Waals surface area contributed by atoms with Crippen LogP contribution in [0.15, 0.2) is 57.4 Å². The van der Waals surface area contributed by atoms with E-state index in [9.17, 15) is 4.21 Å². The molecule has 0 bridgehead atoms. The van der Waals surface area contributed by atoms with Crippen LogP contribution in [0.3, 0.4) is 0 Å². The van der Waals surface area contributed by atoms with Crippen LogP contribution in [0.4, 0.5) is 5.69 Å². The molecule has 0 aromatic heterocycles. The molecule has 0 fully saturated rings. The third kappa shape index (κ3) is 3.68. The van der Waals surface area contributed by atoms with Gasteiger partial charge in [-0.3, -0.25) is 0 Å². The second kappa shape index (κ2) is 5.24. The Hall–Kier alpha value is -1.13. The highest BCUT2D eigenvalue weighted by Crippen LogP contribution is 2.24. The molecule has 2 rings (SSSR count). The summed E-state index contributed by atoms with van der Waals surface area (Å²) in [6.45, 7) is 0. The molecule has 0 amide bonds. The zero-order chi connectivity index (χ0) is 13.2. The summed E-state index contributed by atoms with van der Waals surface area (Å²) in [6, 6.07) is 15.9. The Morgan fingerprint density at radius 3 is 1.78 bits per heavy atom. The van der Waals surface area contributed by atoms with Crippen LogP contribution >= 0.6 is 15.9 Å². The third-order valence-corrected chi connectivity index (χ3v) is 3.55. The quantitative estimate of drug-likeness (QED) is 0.801. The average molecular weight is 324 g/mol. The summed E-state index contributed by atoms with van der Waals surface area (Å²) in [6.07, 6.45) is 3.27. The van der Waals surface area contributed by atoms with E-state index in [0.29, 0.717) is 0 Å². The highest BCUT2D eigenvalue weighted by molar-refractivity contribution is 9.10. The minimum atomic E-state index is -2.09.